The number of aromatic carboxylic acids is 1. The Morgan fingerprint density at radius 2 is 2.05 bits per heavy atom. The zero-order valence-corrected chi connectivity index (χ0v) is 14.9. The number of ether oxygens (including phenoxy) is 1. The lowest BCUT2D eigenvalue weighted by atomic mass is 9.97. The molecule has 1 aromatic carbocycles. The van der Waals surface area contributed by atoms with Crippen LogP contribution in [-0.2, 0) is 17.7 Å². The summed E-state index contributed by atoms with van der Waals surface area (Å²) in [4.78, 5) is 25.0. The van der Waals surface area contributed by atoms with Gasteiger partial charge in [-0.25, -0.2) is 9.59 Å². The van der Waals surface area contributed by atoms with E-state index in [1.807, 2.05) is 20.8 Å². The largest absolute Gasteiger partial charge is 0.478 e. The third-order valence-corrected chi connectivity index (χ3v) is 4.44. The summed E-state index contributed by atoms with van der Waals surface area (Å²) >= 11 is 9.37. The van der Waals surface area contributed by atoms with Gasteiger partial charge in [0, 0.05) is 17.6 Å². The minimum Gasteiger partial charge on any atom is -0.478 e. The number of hydrogen-bond donors (Lipinski definition) is 1. The van der Waals surface area contributed by atoms with Crippen LogP contribution in [0.5, 0.6) is 0 Å². The Balaban J connectivity index is 2.29. The molecule has 1 aromatic rings. The number of carboxylic acids is 1. The molecule has 0 spiro atoms. The number of benzene rings is 1. The molecule has 0 saturated carbocycles. The van der Waals surface area contributed by atoms with Crippen LogP contribution in [0.2, 0.25) is 5.02 Å². The zero-order chi connectivity index (χ0) is 16.7. The van der Waals surface area contributed by atoms with Crippen LogP contribution < -0.4 is 0 Å². The first-order valence-electron chi connectivity index (χ1n) is 6.81. The predicted molar refractivity (Wildman–Crippen MR) is 86.5 cm³/mol. The minimum absolute atomic E-state index is 0.0612. The summed E-state index contributed by atoms with van der Waals surface area (Å²) < 4.78 is 5.85. The van der Waals surface area contributed by atoms with E-state index in [-0.39, 0.29) is 16.7 Å². The highest BCUT2D eigenvalue weighted by Crippen LogP contribution is 2.35. The van der Waals surface area contributed by atoms with Gasteiger partial charge in [0.1, 0.15) is 5.60 Å². The molecule has 0 fully saturated rings. The summed E-state index contributed by atoms with van der Waals surface area (Å²) in [6, 6.07) is 1.61. The average Bonchev–Trinajstić information content (AvgIpc) is 2.35. The van der Waals surface area contributed by atoms with Crippen molar-refractivity contribution in [2.75, 3.05) is 6.54 Å². The van der Waals surface area contributed by atoms with Crippen LogP contribution in [0.3, 0.4) is 0 Å². The molecule has 0 unspecified atom stereocenters. The van der Waals surface area contributed by atoms with Gasteiger partial charge in [-0.05, 0) is 60.3 Å². The number of hydrogen-bond acceptors (Lipinski definition) is 3. The van der Waals surface area contributed by atoms with Crippen molar-refractivity contribution in [1.29, 1.82) is 0 Å². The lowest BCUT2D eigenvalue weighted by molar-refractivity contribution is 0.0223. The van der Waals surface area contributed by atoms with E-state index < -0.39 is 11.6 Å². The normalized spacial score (nSPS) is 14.5. The van der Waals surface area contributed by atoms with Crippen molar-refractivity contribution in [3.8, 4) is 0 Å². The van der Waals surface area contributed by atoms with Gasteiger partial charge in [-0.1, -0.05) is 11.6 Å². The molecule has 2 rings (SSSR count). The highest BCUT2D eigenvalue weighted by Gasteiger charge is 2.29. The van der Waals surface area contributed by atoms with Crippen LogP contribution in [0.1, 0.15) is 42.3 Å². The number of carbonyl (C=O) groups excluding carboxylic acids is 1. The zero-order valence-electron chi connectivity index (χ0n) is 12.6. The Bertz CT molecular complexity index is 639. The van der Waals surface area contributed by atoms with Crippen molar-refractivity contribution in [1.82, 2.24) is 4.90 Å². The molecule has 1 aliphatic rings. The maximum Gasteiger partial charge on any atom is 0.410 e. The fourth-order valence-electron chi connectivity index (χ4n) is 2.33. The highest BCUT2D eigenvalue weighted by molar-refractivity contribution is 9.10. The lowest BCUT2D eigenvalue weighted by Gasteiger charge is -2.32. The van der Waals surface area contributed by atoms with E-state index in [1.165, 1.54) is 0 Å². The molecule has 1 heterocycles. The van der Waals surface area contributed by atoms with Gasteiger partial charge in [0.15, 0.2) is 0 Å². The Labute approximate surface area is 142 Å². The van der Waals surface area contributed by atoms with E-state index >= 15 is 0 Å². The topological polar surface area (TPSA) is 66.8 Å². The molecule has 7 heteroatoms. The highest BCUT2D eigenvalue weighted by atomic mass is 79.9. The maximum atomic E-state index is 12.1. The standard InChI is InChI=1S/C15H17BrClNO4/c1-15(2,3)22-14(21)18-5-4-9-8(7-18)6-10(17)11(12(9)16)13(19)20/h6H,4-5,7H2,1-3H3,(H,19,20). The molecular weight excluding hydrogens is 374 g/mol. The summed E-state index contributed by atoms with van der Waals surface area (Å²) in [5, 5.41) is 9.37. The Kier molecular flexibility index (Phi) is 4.73. The van der Waals surface area contributed by atoms with Crippen molar-refractivity contribution in [3.63, 3.8) is 0 Å². The second kappa shape index (κ2) is 6.08. The van der Waals surface area contributed by atoms with E-state index in [0.717, 1.165) is 11.1 Å². The van der Waals surface area contributed by atoms with Gasteiger partial charge < -0.3 is 14.7 Å². The third-order valence-electron chi connectivity index (χ3n) is 3.27. The Morgan fingerprint density at radius 1 is 1.41 bits per heavy atom. The summed E-state index contributed by atoms with van der Waals surface area (Å²) in [6.45, 7) is 6.27. The Hall–Kier alpha value is -1.27. The smallest absolute Gasteiger partial charge is 0.410 e. The lowest BCUT2D eigenvalue weighted by Crippen LogP contribution is -2.40. The third kappa shape index (κ3) is 3.55. The fraction of sp³-hybridized carbons (Fsp3) is 0.467. The number of nitrogens with zero attached hydrogens (tertiary/aromatic N) is 1. The molecule has 0 aliphatic carbocycles. The summed E-state index contributed by atoms with van der Waals surface area (Å²) in [5.41, 5.74) is 1.22. The van der Waals surface area contributed by atoms with Crippen LogP contribution in [-0.4, -0.2) is 34.2 Å². The molecule has 0 atom stereocenters. The van der Waals surface area contributed by atoms with Crippen LogP contribution in [0.25, 0.3) is 0 Å². The van der Waals surface area contributed by atoms with Crippen LogP contribution >= 0.6 is 27.5 Å². The van der Waals surface area contributed by atoms with E-state index in [2.05, 4.69) is 15.9 Å². The number of rotatable bonds is 1. The van der Waals surface area contributed by atoms with Gasteiger partial charge in [0.05, 0.1) is 10.6 Å². The van der Waals surface area contributed by atoms with Crippen molar-refractivity contribution in [3.05, 3.63) is 32.3 Å². The van der Waals surface area contributed by atoms with Crippen molar-refractivity contribution in [2.45, 2.75) is 39.3 Å². The summed E-state index contributed by atoms with van der Waals surface area (Å²) in [5.74, 6) is -1.07. The van der Waals surface area contributed by atoms with Gasteiger partial charge in [0.25, 0.3) is 0 Å². The fourth-order valence-corrected chi connectivity index (χ4v) is 3.59. The van der Waals surface area contributed by atoms with E-state index in [0.29, 0.717) is 24.0 Å². The molecule has 0 bridgehead atoms. The number of carbonyl (C=O) groups is 2. The minimum atomic E-state index is -1.07. The number of fused-ring (bicyclic) bond motifs is 1. The van der Waals surface area contributed by atoms with Gasteiger partial charge in [0.2, 0.25) is 0 Å². The number of halogens is 2. The average molecular weight is 391 g/mol. The van der Waals surface area contributed by atoms with Gasteiger partial charge in [-0.3, -0.25) is 0 Å². The Morgan fingerprint density at radius 3 is 2.59 bits per heavy atom. The van der Waals surface area contributed by atoms with Crippen LogP contribution in [0.15, 0.2) is 10.5 Å². The number of carboxylic acid groups (broad SMARTS) is 1. The van der Waals surface area contributed by atoms with E-state index in [4.69, 9.17) is 16.3 Å². The summed E-state index contributed by atoms with van der Waals surface area (Å²) in [6.07, 6.45) is 0.166. The molecule has 1 N–H and O–H groups in total. The maximum absolute atomic E-state index is 12.1. The van der Waals surface area contributed by atoms with Crippen molar-refractivity contribution in [2.24, 2.45) is 0 Å². The number of amides is 1. The monoisotopic (exact) mass is 389 g/mol. The molecule has 1 aliphatic heterocycles. The van der Waals surface area contributed by atoms with Crippen molar-refractivity contribution < 1.29 is 19.4 Å². The second-order valence-corrected chi connectivity index (χ2v) is 7.34. The van der Waals surface area contributed by atoms with E-state index in [1.54, 1.807) is 11.0 Å². The first kappa shape index (κ1) is 17.1. The molecule has 120 valence electrons. The second-order valence-electron chi connectivity index (χ2n) is 6.14. The van der Waals surface area contributed by atoms with Gasteiger partial charge in [-0.15, -0.1) is 0 Å². The molecule has 0 saturated heterocycles. The predicted octanol–water partition coefficient (Wildman–Crippen LogP) is 4.09. The summed E-state index contributed by atoms with van der Waals surface area (Å²) in [7, 11) is 0. The van der Waals surface area contributed by atoms with Gasteiger partial charge in [-0.2, -0.15) is 0 Å². The SMILES string of the molecule is CC(C)(C)OC(=O)N1CCc2c(cc(Cl)c(C(=O)O)c2Br)C1. The molecule has 22 heavy (non-hydrogen) atoms. The first-order valence-corrected chi connectivity index (χ1v) is 7.98. The van der Waals surface area contributed by atoms with E-state index in [9.17, 15) is 14.7 Å². The molecular formula is C15H17BrClNO4. The molecule has 0 radical (unpaired) electrons. The molecule has 5 nitrogen and oxygen atoms in total. The van der Waals surface area contributed by atoms with Crippen LogP contribution in [0.4, 0.5) is 4.79 Å². The molecule has 0 aromatic heterocycles. The van der Waals surface area contributed by atoms with Gasteiger partial charge >= 0.3 is 12.1 Å². The molecule has 1 amide bonds. The first-order chi connectivity index (χ1) is 10.1. The quantitative estimate of drug-likeness (QED) is 0.784. The van der Waals surface area contributed by atoms with Crippen LogP contribution in [0, 0.1) is 0 Å². The van der Waals surface area contributed by atoms with Crippen molar-refractivity contribution >= 4 is 39.6 Å².